The summed E-state index contributed by atoms with van der Waals surface area (Å²) in [5.41, 5.74) is 1.18. The molecule has 0 radical (unpaired) electrons. The van der Waals surface area contributed by atoms with E-state index in [1.165, 1.54) is 11.0 Å². The van der Waals surface area contributed by atoms with Gasteiger partial charge in [0.05, 0.1) is 12.0 Å². The standard InChI is InChI=1S/C10H6BrN5O/c11-6-1-3-7(4-2-6)16-9-8(14-15-16)10(17)13-5-12-9/h1-5H,(H,12,13,17). The number of H-pyrrole nitrogens is 1. The second kappa shape index (κ2) is 3.77. The Morgan fingerprint density at radius 2 is 2.00 bits per heavy atom. The molecule has 2 aromatic heterocycles. The van der Waals surface area contributed by atoms with E-state index in [1.54, 1.807) is 0 Å². The zero-order chi connectivity index (χ0) is 11.8. The Morgan fingerprint density at radius 3 is 2.76 bits per heavy atom. The van der Waals surface area contributed by atoms with Crippen LogP contribution < -0.4 is 5.56 Å². The number of nitrogens with zero attached hydrogens (tertiary/aromatic N) is 4. The molecule has 0 aliphatic heterocycles. The van der Waals surface area contributed by atoms with Gasteiger partial charge in [0.1, 0.15) is 0 Å². The lowest BCUT2D eigenvalue weighted by molar-refractivity contribution is 0.817. The highest BCUT2D eigenvalue weighted by Gasteiger charge is 2.09. The van der Waals surface area contributed by atoms with E-state index in [-0.39, 0.29) is 11.1 Å². The van der Waals surface area contributed by atoms with Gasteiger partial charge in [-0.25, -0.2) is 4.98 Å². The fourth-order valence-electron chi connectivity index (χ4n) is 1.52. The van der Waals surface area contributed by atoms with Crippen molar-refractivity contribution in [2.75, 3.05) is 0 Å². The van der Waals surface area contributed by atoms with E-state index in [0.29, 0.717) is 5.65 Å². The van der Waals surface area contributed by atoms with Crippen molar-refractivity contribution in [2.24, 2.45) is 0 Å². The summed E-state index contributed by atoms with van der Waals surface area (Å²) < 4.78 is 2.49. The molecule has 0 fully saturated rings. The van der Waals surface area contributed by atoms with Gasteiger partial charge in [0, 0.05) is 4.47 Å². The first-order valence-electron chi connectivity index (χ1n) is 4.81. The van der Waals surface area contributed by atoms with Gasteiger partial charge >= 0.3 is 0 Å². The van der Waals surface area contributed by atoms with Gasteiger partial charge in [0.2, 0.25) is 0 Å². The van der Waals surface area contributed by atoms with Gasteiger partial charge in [-0.2, -0.15) is 4.68 Å². The number of nitrogens with one attached hydrogen (secondary N) is 1. The fourth-order valence-corrected chi connectivity index (χ4v) is 1.78. The molecule has 3 rings (SSSR count). The molecule has 0 saturated heterocycles. The molecule has 17 heavy (non-hydrogen) atoms. The average Bonchev–Trinajstić information content (AvgIpc) is 2.75. The highest BCUT2D eigenvalue weighted by atomic mass is 79.9. The van der Waals surface area contributed by atoms with Gasteiger partial charge in [-0.3, -0.25) is 4.79 Å². The van der Waals surface area contributed by atoms with Gasteiger partial charge in [0.15, 0.2) is 11.2 Å². The number of rotatable bonds is 1. The molecule has 0 unspecified atom stereocenters. The molecule has 1 N–H and O–H groups in total. The van der Waals surface area contributed by atoms with E-state index in [2.05, 4.69) is 36.2 Å². The molecule has 0 amide bonds. The molecule has 0 aliphatic carbocycles. The van der Waals surface area contributed by atoms with Crippen LogP contribution in [-0.2, 0) is 0 Å². The smallest absolute Gasteiger partial charge is 0.280 e. The van der Waals surface area contributed by atoms with E-state index >= 15 is 0 Å². The van der Waals surface area contributed by atoms with Crippen LogP contribution in [0.3, 0.4) is 0 Å². The minimum Gasteiger partial charge on any atom is -0.311 e. The Morgan fingerprint density at radius 1 is 1.24 bits per heavy atom. The summed E-state index contributed by atoms with van der Waals surface area (Å²) in [5.74, 6) is 0. The maximum atomic E-state index is 11.5. The molecule has 3 aromatic rings. The van der Waals surface area contributed by atoms with Crippen LogP contribution in [0.15, 0.2) is 39.9 Å². The molecule has 7 heteroatoms. The first-order valence-corrected chi connectivity index (χ1v) is 5.60. The van der Waals surface area contributed by atoms with Crippen LogP contribution in [-0.4, -0.2) is 25.0 Å². The molecular weight excluding hydrogens is 286 g/mol. The molecule has 1 aromatic carbocycles. The van der Waals surface area contributed by atoms with Crippen LogP contribution >= 0.6 is 15.9 Å². The summed E-state index contributed by atoms with van der Waals surface area (Å²) in [6.07, 6.45) is 1.34. The van der Waals surface area contributed by atoms with E-state index in [9.17, 15) is 4.79 Å². The van der Waals surface area contributed by atoms with Crippen LogP contribution in [0.4, 0.5) is 0 Å². The van der Waals surface area contributed by atoms with Crippen LogP contribution in [0, 0.1) is 0 Å². The van der Waals surface area contributed by atoms with Crippen LogP contribution in [0.5, 0.6) is 0 Å². The Kier molecular flexibility index (Phi) is 2.25. The largest absolute Gasteiger partial charge is 0.311 e. The van der Waals surface area contributed by atoms with Crippen molar-refractivity contribution in [1.82, 2.24) is 25.0 Å². The molecular formula is C10H6BrN5O. The first-order chi connectivity index (χ1) is 8.25. The molecule has 0 bridgehead atoms. The Balaban J connectivity index is 2.28. The summed E-state index contributed by atoms with van der Waals surface area (Å²) in [4.78, 5) is 18.0. The van der Waals surface area contributed by atoms with E-state index in [0.717, 1.165) is 10.2 Å². The van der Waals surface area contributed by atoms with Crippen LogP contribution in [0.25, 0.3) is 16.9 Å². The monoisotopic (exact) mass is 291 g/mol. The van der Waals surface area contributed by atoms with Crippen LogP contribution in [0.1, 0.15) is 0 Å². The van der Waals surface area contributed by atoms with Gasteiger partial charge < -0.3 is 4.98 Å². The normalized spacial score (nSPS) is 10.9. The van der Waals surface area contributed by atoms with Gasteiger partial charge in [-0.15, -0.1) is 5.10 Å². The quantitative estimate of drug-likeness (QED) is 0.732. The summed E-state index contributed by atoms with van der Waals surface area (Å²) in [7, 11) is 0. The van der Waals surface area contributed by atoms with Gasteiger partial charge in [0.25, 0.3) is 5.56 Å². The number of hydrogen-bond donors (Lipinski definition) is 1. The minimum atomic E-state index is -0.293. The third kappa shape index (κ3) is 1.64. The highest BCUT2D eigenvalue weighted by molar-refractivity contribution is 9.10. The predicted octanol–water partition coefficient (Wildman–Crippen LogP) is 1.27. The third-order valence-corrected chi connectivity index (χ3v) is 2.84. The van der Waals surface area contributed by atoms with Crippen molar-refractivity contribution >= 4 is 27.1 Å². The number of hydrogen-bond acceptors (Lipinski definition) is 4. The van der Waals surface area contributed by atoms with Crippen molar-refractivity contribution in [2.45, 2.75) is 0 Å². The summed E-state index contributed by atoms with van der Waals surface area (Å²) in [5, 5.41) is 7.74. The number of benzene rings is 1. The van der Waals surface area contributed by atoms with E-state index in [1.807, 2.05) is 24.3 Å². The fraction of sp³-hybridized carbons (Fsp3) is 0. The lowest BCUT2D eigenvalue weighted by atomic mass is 10.3. The van der Waals surface area contributed by atoms with Crippen molar-refractivity contribution < 1.29 is 0 Å². The molecule has 0 atom stereocenters. The Labute approximate surface area is 103 Å². The summed E-state index contributed by atoms with van der Waals surface area (Å²) in [6.45, 7) is 0. The zero-order valence-electron chi connectivity index (χ0n) is 8.46. The van der Waals surface area contributed by atoms with E-state index < -0.39 is 0 Å². The first kappa shape index (κ1) is 10.2. The SMILES string of the molecule is O=c1[nH]cnc2c1nnn2-c1ccc(Br)cc1. The van der Waals surface area contributed by atoms with E-state index in [4.69, 9.17) is 0 Å². The van der Waals surface area contributed by atoms with Crippen molar-refractivity contribution in [3.05, 3.63) is 45.4 Å². The number of aromatic amines is 1. The lowest BCUT2D eigenvalue weighted by Crippen LogP contribution is -2.07. The number of aromatic nitrogens is 5. The number of halogens is 1. The summed E-state index contributed by atoms with van der Waals surface area (Å²) in [6, 6.07) is 7.49. The molecule has 6 nitrogen and oxygen atoms in total. The third-order valence-electron chi connectivity index (χ3n) is 2.32. The predicted molar refractivity (Wildman–Crippen MR) is 65.0 cm³/mol. The Hall–Kier alpha value is -2.02. The van der Waals surface area contributed by atoms with Gasteiger partial charge in [-0.1, -0.05) is 21.1 Å². The van der Waals surface area contributed by atoms with Gasteiger partial charge in [-0.05, 0) is 24.3 Å². The Bertz CT molecular complexity index is 730. The summed E-state index contributed by atoms with van der Waals surface area (Å²) >= 11 is 3.35. The second-order valence-electron chi connectivity index (χ2n) is 3.38. The average molecular weight is 292 g/mol. The second-order valence-corrected chi connectivity index (χ2v) is 4.30. The molecule has 0 aliphatic rings. The lowest BCUT2D eigenvalue weighted by Gasteiger charge is -2.00. The van der Waals surface area contributed by atoms with Crippen LogP contribution in [0.2, 0.25) is 0 Å². The van der Waals surface area contributed by atoms with Crippen molar-refractivity contribution in [3.8, 4) is 5.69 Å². The molecule has 0 spiro atoms. The highest BCUT2D eigenvalue weighted by Crippen LogP contribution is 2.15. The zero-order valence-corrected chi connectivity index (χ0v) is 10.0. The maximum Gasteiger partial charge on any atom is 0.280 e. The number of fused-ring (bicyclic) bond motifs is 1. The van der Waals surface area contributed by atoms with Crippen molar-refractivity contribution in [1.29, 1.82) is 0 Å². The molecule has 0 saturated carbocycles. The molecule has 2 heterocycles. The maximum absolute atomic E-state index is 11.5. The van der Waals surface area contributed by atoms with Crippen molar-refractivity contribution in [3.63, 3.8) is 0 Å². The molecule has 84 valence electrons. The topological polar surface area (TPSA) is 76.5 Å². The minimum absolute atomic E-state index is 0.232.